The summed E-state index contributed by atoms with van der Waals surface area (Å²) < 4.78 is 0.960. The van der Waals surface area contributed by atoms with Crippen LogP contribution < -0.4 is 11.1 Å². The summed E-state index contributed by atoms with van der Waals surface area (Å²) in [7, 11) is 0. The van der Waals surface area contributed by atoms with Crippen LogP contribution >= 0.6 is 15.9 Å². The molecule has 0 fully saturated rings. The number of hydrogen-bond acceptors (Lipinski definition) is 4. The number of aryl methyl sites for hydroxylation is 1. The lowest BCUT2D eigenvalue weighted by atomic mass is 10.2. The van der Waals surface area contributed by atoms with Gasteiger partial charge in [-0.25, -0.2) is 10.2 Å². The molecule has 102 valence electrons. The predicted molar refractivity (Wildman–Crippen MR) is 78.8 cm³/mol. The maximum absolute atomic E-state index is 11.7. The van der Waals surface area contributed by atoms with Gasteiger partial charge in [0.25, 0.3) is 5.91 Å². The van der Waals surface area contributed by atoms with E-state index in [1.54, 1.807) is 6.92 Å². The fourth-order valence-electron chi connectivity index (χ4n) is 1.47. The molecule has 2 aromatic rings. The normalized spacial score (nSPS) is 10.7. The van der Waals surface area contributed by atoms with Crippen molar-refractivity contribution >= 4 is 28.1 Å². The lowest BCUT2D eigenvalue weighted by molar-refractivity contribution is 0.0949. The molecule has 0 saturated carbocycles. The summed E-state index contributed by atoms with van der Waals surface area (Å²) in [6, 6.07) is 8.90. The van der Waals surface area contributed by atoms with Gasteiger partial charge in [0.05, 0.1) is 6.21 Å². The zero-order valence-corrected chi connectivity index (χ0v) is 12.1. The third-order valence-corrected chi connectivity index (χ3v) is 2.89. The van der Waals surface area contributed by atoms with E-state index in [2.05, 4.69) is 36.4 Å². The molecule has 0 atom stereocenters. The van der Waals surface area contributed by atoms with E-state index in [4.69, 9.17) is 0 Å². The molecule has 20 heavy (non-hydrogen) atoms. The lowest BCUT2D eigenvalue weighted by Gasteiger charge is -1.99. The number of carbonyl (C=O) groups is 1. The smallest absolute Gasteiger partial charge is 0.310 e. The van der Waals surface area contributed by atoms with Gasteiger partial charge in [-0.05, 0) is 30.7 Å². The molecule has 7 heteroatoms. The van der Waals surface area contributed by atoms with E-state index in [-0.39, 0.29) is 5.69 Å². The molecule has 0 saturated heterocycles. The quantitative estimate of drug-likeness (QED) is 0.660. The number of aromatic amines is 1. The standard InChI is InChI=1S/C13H11BrN4O2/c1-8-6-11(17-13(20)16-8)12(19)18-15-7-9-2-4-10(14)5-3-9/h2-7H,1H3,(H,18,19)(H,16,17,20)/b15-7+. The number of carbonyl (C=O) groups excluding carboxylic acids is 1. The highest BCUT2D eigenvalue weighted by Crippen LogP contribution is 2.08. The fourth-order valence-corrected chi connectivity index (χ4v) is 1.73. The Kier molecular flexibility index (Phi) is 4.41. The Labute approximate surface area is 123 Å². The van der Waals surface area contributed by atoms with Gasteiger partial charge < -0.3 is 4.98 Å². The summed E-state index contributed by atoms with van der Waals surface area (Å²) in [5.41, 5.74) is 3.18. The van der Waals surface area contributed by atoms with Gasteiger partial charge in [-0.15, -0.1) is 0 Å². The third kappa shape index (κ3) is 3.86. The van der Waals surface area contributed by atoms with Crippen LogP contribution in [0.3, 0.4) is 0 Å². The Morgan fingerprint density at radius 2 is 2.10 bits per heavy atom. The summed E-state index contributed by atoms with van der Waals surface area (Å²) in [4.78, 5) is 28.9. The topological polar surface area (TPSA) is 87.2 Å². The van der Waals surface area contributed by atoms with Crippen molar-refractivity contribution in [3.8, 4) is 0 Å². The second kappa shape index (κ2) is 6.25. The van der Waals surface area contributed by atoms with Crippen LogP contribution in [0.25, 0.3) is 0 Å². The number of nitrogens with one attached hydrogen (secondary N) is 2. The van der Waals surface area contributed by atoms with Gasteiger partial charge in [0.1, 0.15) is 5.69 Å². The molecule has 0 spiro atoms. The Balaban J connectivity index is 2.05. The summed E-state index contributed by atoms with van der Waals surface area (Å²) in [5, 5.41) is 3.81. The molecule has 1 aromatic carbocycles. The van der Waals surface area contributed by atoms with E-state index in [1.165, 1.54) is 12.3 Å². The number of halogens is 1. The van der Waals surface area contributed by atoms with Crippen molar-refractivity contribution < 1.29 is 4.79 Å². The van der Waals surface area contributed by atoms with Crippen LogP contribution in [0.5, 0.6) is 0 Å². The van der Waals surface area contributed by atoms with Crippen molar-refractivity contribution in [3.63, 3.8) is 0 Å². The highest BCUT2D eigenvalue weighted by molar-refractivity contribution is 9.10. The molecule has 6 nitrogen and oxygen atoms in total. The number of aromatic nitrogens is 2. The van der Waals surface area contributed by atoms with Gasteiger partial charge in [0.2, 0.25) is 0 Å². The monoisotopic (exact) mass is 334 g/mol. The van der Waals surface area contributed by atoms with Crippen LogP contribution in [-0.2, 0) is 0 Å². The number of H-pyrrole nitrogens is 1. The first-order valence-electron chi connectivity index (χ1n) is 5.71. The fraction of sp³-hybridized carbons (Fsp3) is 0.0769. The maximum atomic E-state index is 11.7. The molecule has 0 unspecified atom stereocenters. The largest absolute Gasteiger partial charge is 0.345 e. The van der Waals surface area contributed by atoms with Crippen LogP contribution in [0.4, 0.5) is 0 Å². The SMILES string of the molecule is Cc1cc(C(=O)N/N=C/c2ccc(Br)cc2)nc(=O)[nH]1. The molecule has 2 N–H and O–H groups in total. The molecular weight excluding hydrogens is 324 g/mol. The van der Waals surface area contributed by atoms with Gasteiger partial charge in [-0.2, -0.15) is 10.1 Å². The van der Waals surface area contributed by atoms with E-state index in [0.29, 0.717) is 5.69 Å². The molecule has 0 radical (unpaired) electrons. The minimum absolute atomic E-state index is 0.0270. The zero-order chi connectivity index (χ0) is 14.5. The molecule has 2 rings (SSSR count). The van der Waals surface area contributed by atoms with Crippen LogP contribution in [0, 0.1) is 6.92 Å². The van der Waals surface area contributed by atoms with Crippen molar-refractivity contribution in [2.75, 3.05) is 0 Å². The zero-order valence-electron chi connectivity index (χ0n) is 10.6. The minimum atomic E-state index is -0.563. The van der Waals surface area contributed by atoms with Crippen LogP contribution in [0.1, 0.15) is 21.7 Å². The third-order valence-electron chi connectivity index (χ3n) is 2.36. The summed E-state index contributed by atoms with van der Waals surface area (Å²) in [5.74, 6) is -0.535. The average Bonchev–Trinajstić information content (AvgIpc) is 2.40. The molecular formula is C13H11BrN4O2. The Morgan fingerprint density at radius 3 is 2.75 bits per heavy atom. The van der Waals surface area contributed by atoms with Gasteiger partial charge >= 0.3 is 5.69 Å². The van der Waals surface area contributed by atoms with E-state index >= 15 is 0 Å². The first-order chi connectivity index (χ1) is 9.54. The molecule has 0 bridgehead atoms. The molecule has 0 aliphatic rings. The van der Waals surface area contributed by atoms with E-state index in [1.807, 2.05) is 24.3 Å². The van der Waals surface area contributed by atoms with Crippen molar-refractivity contribution in [1.29, 1.82) is 0 Å². The van der Waals surface area contributed by atoms with E-state index < -0.39 is 11.6 Å². The van der Waals surface area contributed by atoms with Crippen molar-refractivity contribution in [2.45, 2.75) is 6.92 Å². The molecule has 1 aromatic heterocycles. The number of amides is 1. The Morgan fingerprint density at radius 1 is 1.40 bits per heavy atom. The highest BCUT2D eigenvalue weighted by Gasteiger charge is 2.07. The summed E-state index contributed by atoms with van der Waals surface area (Å²) >= 11 is 3.33. The Bertz CT molecular complexity index is 707. The number of benzene rings is 1. The van der Waals surface area contributed by atoms with Crippen molar-refractivity contribution in [2.24, 2.45) is 5.10 Å². The second-order valence-electron chi connectivity index (χ2n) is 4.01. The van der Waals surface area contributed by atoms with Gasteiger partial charge in [-0.3, -0.25) is 4.79 Å². The second-order valence-corrected chi connectivity index (χ2v) is 4.92. The van der Waals surface area contributed by atoms with E-state index in [0.717, 1.165) is 10.0 Å². The molecule has 0 aliphatic heterocycles. The van der Waals surface area contributed by atoms with Crippen molar-refractivity contribution in [1.82, 2.24) is 15.4 Å². The highest BCUT2D eigenvalue weighted by atomic mass is 79.9. The van der Waals surface area contributed by atoms with Crippen LogP contribution in [0.15, 0.2) is 44.7 Å². The summed E-state index contributed by atoms with van der Waals surface area (Å²) in [6.07, 6.45) is 1.50. The van der Waals surface area contributed by atoms with Gasteiger partial charge in [0, 0.05) is 10.2 Å². The van der Waals surface area contributed by atoms with Crippen LogP contribution in [-0.4, -0.2) is 22.1 Å². The maximum Gasteiger partial charge on any atom is 0.345 e. The van der Waals surface area contributed by atoms with Gasteiger partial charge in [-0.1, -0.05) is 28.1 Å². The first-order valence-corrected chi connectivity index (χ1v) is 6.51. The average molecular weight is 335 g/mol. The number of hydrazone groups is 1. The lowest BCUT2D eigenvalue weighted by Crippen LogP contribution is -2.24. The Hall–Kier alpha value is -2.28. The molecule has 1 heterocycles. The number of rotatable bonds is 3. The number of nitrogens with zero attached hydrogens (tertiary/aromatic N) is 2. The molecule has 1 amide bonds. The van der Waals surface area contributed by atoms with E-state index in [9.17, 15) is 9.59 Å². The first kappa shape index (κ1) is 14.1. The minimum Gasteiger partial charge on any atom is -0.310 e. The summed E-state index contributed by atoms with van der Waals surface area (Å²) in [6.45, 7) is 1.67. The predicted octanol–water partition coefficient (Wildman–Crippen LogP) is 1.60. The van der Waals surface area contributed by atoms with Gasteiger partial charge in [0.15, 0.2) is 0 Å². The van der Waals surface area contributed by atoms with Crippen molar-refractivity contribution in [3.05, 3.63) is 62.2 Å². The molecule has 0 aliphatic carbocycles. The number of hydrogen-bond donors (Lipinski definition) is 2. The van der Waals surface area contributed by atoms with Crippen LogP contribution in [0.2, 0.25) is 0 Å².